The van der Waals surface area contributed by atoms with Crippen molar-refractivity contribution in [2.75, 3.05) is 6.61 Å². The number of hydrogen-bond donors (Lipinski definition) is 1. The van der Waals surface area contributed by atoms with E-state index in [1.165, 1.54) is 0 Å². The van der Waals surface area contributed by atoms with Crippen LogP contribution in [-0.2, 0) is 0 Å². The highest BCUT2D eigenvalue weighted by atomic mass is 16.3. The molecular formula is C22H16O3. The molecular weight excluding hydrogens is 312 g/mol. The van der Waals surface area contributed by atoms with Crippen molar-refractivity contribution in [3.8, 4) is 0 Å². The van der Waals surface area contributed by atoms with Gasteiger partial charge in [0.25, 0.3) is 0 Å². The zero-order valence-corrected chi connectivity index (χ0v) is 13.5. The second-order valence-electron chi connectivity index (χ2n) is 6.15. The topological polar surface area (TPSA) is 54.4 Å². The molecule has 1 aliphatic carbocycles. The monoisotopic (exact) mass is 328 g/mol. The molecule has 3 heteroatoms. The van der Waals surface area contributed by atoms with E-state index in [4.69, 9.17) is 0 Å². The third-order valence-electron chi connectivity index (χ3n) is 4.74. The molecule has 1 unspecified atom stereocenters. The molecule has 0 aromatic heterocycles. The van der Waals surface area contributed by atoms with Crippen LogP contribution in [0.25, 0.3) is 0 Å². The van der Waals surface area contributed by atoms with Gasteiger partial charge >= 0.3 is 0 Å². The molecule has 0 amide bonds. The van der Waals surface area contributed by atoms with Gasteiger partial charge in [-0.1, -0.05) is 60.7 Å². The third-order valence-corrected chi connectivity index (χ3v) is 4.74. The Morgan fingerprint density at radius 1 is 0.640 bits per heavy atom. The average molecular weight is 328 g/mol. The summed E-state index contributed by atoms with van der Waals surface area (Å²) in [7, 11) is 0. The van der Waals surface area contributed by atoms with E-state index in [1.807, 2.05) is 36.4 Å². The number of carbonyl (C=O) groups is 2. The number of fused-ring (bicyclic) bond motifs is 2. The summed E-state index contributed by atoms with van der Waals surface area (Å²) in [4.78, 5) is 25.5. The summed E-state index contributed by atoms with van der Waals surface area (Å²) < 4.78 is 0. The molecule has 0 saturated heterocycles. The van der Waals surface area contributed by atoms with E-state index in [0.717, 1.165) is 11.1 Å². The van der Waals surface area contributed by atoms with Gasteiger partial charge in [0.1, 0.15) is 0 Å². The summed E-state index contributed by atoms with van der Waals surface area (Å²) in [5, 5.41) is 9.86. The minimum atomic E-state index is -0.230. The first kappa shape index (κ1) is 15.5. The van der Waals surface area contributed by atoms with Crippen LogP contribution in [0, 0.1) is 0 Å². The van der Waals surface area contributed by atoms with Crippen molar-refractivity contribution in [1.29, 1.82) is 0 Å². The zero-order chi connectivity index (χ0) is 17.4. The average Bonchev–Trinajstić information content (AvgIpc) is 2.67. The van der Waals surface area contributed by atoms with Crippen molar-refractivity contribution in [1.82, 2.24) is 0 Å². The van der Waals surface area contributed by atoms with Crippen LogP contribution in [0.3, 0.4) is 0 Å². The molecule has 3 aromatic carbocycles. The van der Waals surface area contributed by atoms with Crippen molar-refractivity contribution in [3.05, 3.63) is 106 Å². The SMILES string of the molecule is O=C1c2ccccc2C(=O)c2cc(C(CO)c3ccccc3)ccc21. The Balaban J connectivity index is 1.83. The normalized spacial score (nSPS) is 14.0. The van der Waals surface area contributed by atoms with Gasteiger partial charge in [-0.2, -0.15) is 0 Å². The molecule has 0 radical (unpaired) electrons. The van der Waals surface area contributed by atoms with Crippen molar-refractivity contribution in [2.24, 2.45) is 0 Å². The lowest BCUT2D eigenvalue weighted by molar-refractivity contribution is 0.0979. The third kappa shape index (κ3) is 2.49. The van der Waals surface area contributed by atoms with E-state index >= 15 is 0 Å². The van der Waals surface area contributed by atoms with Gasteiger partial charge in [-0.3, -0.25) is 9.59 Å². The van der Waals surface area contributed by atoms with Crippen LogP contribution in [0.4, 0.5) is 0 Å². The fourth-order valence-corrected chi connectivity index (χ4v) is 3.42. The smallest absolute Gasteiger partial charge is 0.194 e. The van der Waals surface area contributed by atoms with Crippen LogP contribution >= 0.6 is 0 Å². The molecule has 4 rings (SSSR count). The second kappa shape index (κ2) is 6.11. The zero-order valence-electron chi connectivity index (χ0n) is 13.5. The molecule has 0 spiro atoms. The number of aliphatic hydroxyl groups is 1. The highest BCUT2D eigenvalue weighted by molar-refractivity contribution is 6.28. The number of ketones is 2. The summed E-state index contributed by atoms with van der Waals surface area (Å²) in [5.74, 6) is -0.500. The van der Waals surface area contributed by atoms with Crippen molar-refractivity contribution >= 4 is 11.6 Å². The predicted molar refractivity (Wildman–Crippen MR) is 95.1 cm³/mol. The lowest BCUT2D eigenvalue weighted by atomic mass is 9.81. The minimum Gasteiger partial charge on any atom is -0.395 e. The van der Waals surface area contributed by atoms with Gasteiger partial charge in [0.2, 0.25) is 0 Å². The van der Waals surface area contributed by atoms with Gasteiger partial charge in [0.05, 0.1) is 6.61 Å². The first-order chi connectivity index (χ1) is 12.2. The van der Waals surface area contributed by atoms with Gasteiger partial charge in [0, 0.05) is 28.2 Å². The van der Waals surface area contributed by atoms with Gasteiger partial charge in [-0.25, -0.2) is 0 Å². The van der Waals surface area contributed by atoms with Crippen LogP contribution in [0.1, 0.15) is 48.9 Å². The van der Waals surface area contributed by atoms with E-state index < -0.39 is 0 Å². The van der Waals surface area contributed by atoms with E-state index in [9.17, 15) is 14.7 Å². The number of benzene rings is 3. The van der Waals surface area contributed by atoms with Crippen LogP contribution in [0.2, 0.25) is 0 Å². The Labute approximate surface area is 145 Å². The van der Waals surface area contributed by atoms with Crippen LogP contribution in [0.15, 0.2) is 72.8 Å². The summed E-state index contributed by atoms with van der Waals surface area (Å²) in [5.41, 5.74) is 3.53. The van der Waals surface area contributed by atoms with Gasteiger partial charge < -0.3 is 5.11 Å². The van der Waals surface area contributed by atoms with Crippen LogP contribution < -0.4 is 0 Å². The summed E-state index contributed by atoms with van der Waals surface area (Å²) >= 11 is 0. The Morgan fingerprint density at radius 2 is 1.20 bits per heavy atom. The van der Waals surface area contributed by atoms with E-state index in [0.29, 0.717) is 22.3 Å². The Morgan fingerprint density at radius 3 is 1.84 bits per heavy atom. The lowest BCUT2D eigenvalue weighted by Crippen LogP contribution is -2.21. The molecule has 0 saturated carbocycles. The molecule has 0 bridgehead atoms. The molecule has 3 aromatic rings. The van der Waals surface area contributed by atoms with Gasteiger partial charge in [-0.05, 0) is 23.3 Å². The van der Waals surface area contributed by atoms with Crippen molar-refractivity contribution < 1.29 is 14.7 Å². The maximum atomic E-state index is 12.8. The molecule has 0 fully saturated rings. The lowest BCUT2D eigenvalue weighted by Gasteiger charge is -2.21. The van der Waals surface area contributed by atoms with Crippen molar-refractivity contribution in [2.45, 2.75) is 5.92 Å². The molecule has 3 nitrogen and oxygen atoms in total. The molecule has 1 atom stereocenters. The predicted octanol–water partition coefficient (Wildman–Crippen LogP) is 3.59. The van der Waals surface area contributed by atoms with Gasteiger partial charge in [0.15, 0.2) is 11.6 Å². The molecule has 25 heavy (non-hydrogen) atoms. The number of aliphatic hydroxyl groups excluding tert-OH is 1. The van der Waals surface area contributed by atoms with Crippen LogP contribution in [-0.4, -0.2) is 23.3 Å². The standard InChI is InChI=1S/C22H16O3/c23-13-20(14-6-2-1-3-7-14)15-10-11-18-19(12-15)22(25)17-9-5-4-8-16(17)21(18)24/h1-12,20,23H,13H2. The Bertz CT molecular complexity index is 974. The Kier molecular flexibility index (Phi) is 3.79. The number of hydrogen-bond acceptors (Lipinski definition) is 3. The van der Waals surface area contributed by atoms with E-state index in [2.05, 4.69) is 0 Å². The molecule has 0 aliphatic heterocycles. The van der Waals surface area contributed by atoms with Crippen LogP contribution in [0.5, 0.6) is 0 Å². The van der Waals surface area contributed by atoms with Gasteiger partial charge in [-0.15, -0.1) is 0 Å². The summed E-state index contributed by atoms with van der Waals surface area (Å²) in [6, 6.07) is 21.8. The molecule has 1 aliphatic rings. The molecule has 1 N–H and O–H groups in total. The number of carbonyl (C=O) groups excluding carboxylic acids is 2. The largest absolute Gasteiger partial charge is 0.395 e. The first-order valence-electron chi connectivity index (χ1n) is 8.19. The Hall–Kier alpha value is -3.04. The summed E-state index contributed by atoms with van der Waals surface area (Å²) in [6.45, 7) is -0.0679. The fourth-order valence-electron chi connectivity index (χ4n) is 3.42. The quantitative estimate of drug-likeness (QED) is 0.625. The maximum Gasteiger partial charge on any atom is 0.194 e. The molecule has 0 heterocycles. The minimum absolute atomic E-state index is 0.0679. The highest BCUT2D eigenvalue weighted by Gasteiger charge is 2.30. The van der Waals surface area contributed by atoms with E-state index in [-0.39, 0.29) is 24.1 Å². The van der Waals surface area contributed by atoms with Crippen molar-refractivity contribution in [3.63, 3.8) is 0 Å². The second-order valence-corrected chi connectivity index (χ2v) is 6.15. The maximum absolute atomic E-state index is 12.8. The highest BCUT2D eigenvalue weighted by Crippen LogP contribution is 2.31. The number of rotatable bonds is 3. The first-order valence-corrected chi connectivity index (χ1v) is 8.19. The van der Waals surface area contributed by atoms with E-state index in [1.54, 1.807) is 36.4 Å². The summed E-state index contributed by atoms with van der Waals surface area (Å²) in [6.07, 6.45) is 0. The fraction of sp³-hybridized carbons (Fsp3) is 0.0909. The molecule has 122 valence electrons.